The van der Waals surface area contributed by atoms with Gasteiger partial charge < -0.3 is 4.89 Å². The summed E-state index contributed by atoms with van der Waals surface area (Å²) in [7, 11) is -3.85. The Kier molecular flexibility index (Phi) is 3.22. The minimum absolute atomic E-state index is 0.177. The molecule has 1 rings (SSSR count). The van der Waals surface area contributed by atoms with Gasteiger partial charge in [-0.2, -0.15) is 4.67 Å². The third-order valence-corrected chi connectivity index (χ3v) is 2.65. The Hall–Kier alpha value is -0.670. The minimum atomic E-state index is -3.85. The Morgan fingerprint density at radius 2 is 1.92 bits per heavy atom. The van der Waals surface area contributed by atoms with Gasteiger partial charge in [-0.05, 0) is 12.5 Å². The highest BCUT2D eigenvalue weighted by Gasteiger charge is 2.19. The van der Waals surface area contributed by atoms with E-state index in [0.29, 0.717) is 5.56 Å². The molecule has 72 valence electrons. The second-order valence-corrected chi connectivity index (χ2v) is 4.62. The van der Waals surface area contributed by atoms with Crippen LogP contribution in [0.2, 0.25) is 0 Å². The van der Waals surface area contributed by atoms with Crippen molar-refractivity contribution in [3.63, 3.8) is 0 Å². The van der Waals surface area contributed by atoms with E-state index in [0.717, 1.165) is 5.56 Å². The van der Waals surface area contributed by atoms with Crippen molar-refractivity contribution in [3.05, 3.63) is 35.4 Å². The smallest absolute Gasteiger partial charge is 0.323 e. The zero-order valence-electron chi connectivity index (χ0n) is 7.17. The fourth-order valence-corrected chi connectivity index (χ4v) is 1.68. The third kappa shape index (κ3) is 3.28. The maximum absolute atomic E-state index is 10.9. The highest BCUT2D eigenvalue weighted by Crippen LogP contribution is 2.44. The van der Waals surface area contributed by atoms with E-state index in [1.54, 1.807) is 12.1 Å². The van der Waals surface area contributed by atoms with Crippen LogP contribution in [0.5, 0.6) is 0 Å². The van der Waals surface area contributed by atoms with Gasteiger partial charge in [0.1, 0.15) is 0 Å². The minimum Gasteiger partial charge on any atom is -0.323 e. The standard InChI is InChI=1S/C8H11O4P/c1-7-2-4-8(5-3-7)6-13(10,11)12-9/h2-5,9H,6H2,1H3,(H,10,11). The first kappa shape index (κ1) is 10.4. The summed E-state index contributed by atoms with van der Waals surface area (Å²) in [6.07, 6.45) is -0.177. The van der Waals surface area contributed by atoms with E-state index in [2.05, 4.69) is 4.67 Å². The van der Waals surface area contributed by atoms with Gasteiger partial charge in [-0.25, -0.2) is 5.26 Å². The van der Waals surface area contributed by atoms with Crippen LogP contribution >= 0.6 is 7.60 Å². The largest absolute Gasteiger partial charge is 0.359 e. The lowest BCUT2D eigenvalue weighted by molar-refractivity contribution is -0.146. The van der Waals surface area contributed by atoms with Crippen molar-refractivity contribution in [3.8, 4) is 0 Å². The maximum Gasteiger partial charge on any atom is 0.359 e. The van der Waals surface area contributed by atoms with Gasteiger partial charge in [-0.15, -0.1) is 0 Å². The molecule has 0 radical (unpaired) electrons. The zero-order chi connectivity index (χ0) is 9.90. The number of rotatable bonds is 3. The van der Waals surface area contributed by atoms with Gasteiger partial charge in [-0.3, -0.25) is 4.57 Å². The van der Waals surface area contributed by atoms with Gasteiger partial charge >= 0.3 is 7.60 Å². The van der Waals surface area contributed by atoms with Crippen LogP contribution in [0.3, 0.4) is 0 Å². The van der Waals surface area contributed by atoms with E-state index in [1.807, 2.05) is 19.1 Å². The van der Waals surface area contributed by atoms with E-state index in [1.165, 1.54) is 0 Å². The van der Waals surface area contributed by atoms with E-state index in [4.69, 9.17) is 10.2 Å². The fourth-order valence-electron chi connectivity index (χ4n) is 0.953. The van der Waals surface area contributed by atoms with Crippen LogP contribution in [0.25, 0.3) is 0 Å². The van der Waals surface area contributed by atoms with Crippen LogP contribution < -0.4 is 0 Å². The van der Waals surface area contributed by atoms with E-state index in [9.17, 15) is 4.57 Å². The van der Waals surface area contributed by atoms with Gasteiger partial charge in [-0.1, -0.05) is 29.8 Å². The summed E-state index contributed by atoms with van der Waals surface area (Å²) in [5, 5.41) is 8.10. The molecule has 0 bridgehead atoms. The molecular formula is C8H11O4P. The molecule has 1 aromatic rings. The van der Waals surface area contributed by atoms with Crippen molar-refractivity contribution >= 4 is 7.60 Å². The summed E-state index contributed by atoms with van der Waals surface area (Å²) in [6.45, 7) is 1.92. The van der Waals surface area contributed by atoms with Crippen molar-refractivity contribution in [2.24, 2.45) is 0 Å². The summed E-state index contributed by atoms with van der Waals surface area (Å²) in [5.41, 5.74) is 1.73. The molecule has 1 aromatic carbocycles. The maximum atomic E-state index is 10.9. The Bertz CT molecular complexity index is 319. The summed E-state index contributed by atoms with van der Waals surface area (Å²) in [6, 6.07) is 7.09. The molecule has 13 heavy (non-hydrogen) atoms. The van der Waals surface area contributed by atoms with Crippen molar-refractivity contribution in [2.75, 3.05) is 0 Å². The molecule has 0 aromatic heterocycles. The van der Waals surface area contributed by atoms with Gasteiger partial charge in [0.25, 0.3) is 0 Å². The van der Waals surface area contributed by atoms with Crippen LogP contribution in [-0.2, 0) is 15.4 Å². The quantitative estimate of drug-likeness (QED) is 0.447. The normalized spacial score (nSPS) is 15.3. The number of hydrogen-bond donors (Lipinski definition) is 2. The van der Waals surface area contributed by atoms with Crippen molar-refractivity contribution in [1.82, 2.24) is 0 Å². The molecule has 0 heterocycles. The molecule has 0 fully saturated rings. The first-order valence-electron chi connectivity index (χ1n) is 3.74. The van der Waals surface area contributed by atoms with Gasteiger partial charge in [0.15, 0.2) is 0 Å². The van der Waals surface area contributed by atoms with Crippen molar-refractivity contribution in [1.29, 1.82) is 0 Å². The van der Waals surface area contributed by atoms with Crippen LogP contribution in [0, 0.1) is 6.92 Å². The van der Waals surface area contributed by atoms with E-state index >= 15 is 0 Å². The van der Waals surface area contributed by atoms with E-state index < -0.39 is 7.60 Å². The molecule has 0 aliphatic rings. The zero-order valence-corrected chi connectivity index (χ0v) is 8.07. The predicted molar refractivity (Wildman–Crippen MR) is 48.4 cm³/mol. The third-order valence-electron chi connectivity index (χ3n) is 1.63. The van der Waals surface area contributed by atoms with Crippen LogP contribution in [0.4, 0.5) is 0 Å². The Labute approximate surface area is 76.3 Å². The molecule has 2 N–H and O–H groups in total. The number of aryl methyl sites for hydroxylation is 1. The average Bonchev–Trinajstić information content (AvgIpc) is 2.09. The van der Waals surface area contributed by atoms with Crippen LogP contribution in [0.1, 0.15) is 11.1 Å². The SMILES string of the molecule is Cc1ccc(CP(=O)(O)OO)cc1. The average molecular weight is 202 g/mol. The Morgan fingerprint density at radius 1 is 1.38 bits per heavy atom. The molecular weight excluding hydrogens is 191 g/mol. The molecule has 0 aliphatic carbocycles. The van der Waals surface area contributed by atoms with Crippen LogP contribution in [0.15, 0.2) is 24.3 Å². The van der Waals surface area contributed by atoms with E-state index in [-0.39, 0.29) is 6.16 Å². The fraction of sp³-hybridized carbons (Fsp3) is 0.250. The van der Waals surface area contributed by atoms with Gasteiger partial charge in [0.05, 0.1) is 6.16 Å². The monoisotopic (exact) mass is 202 g/mol. The van der Waals surface area contributed by atoms with Crippen LogP contribution in [-0.4, -0.2) is 10.2 Å². The van der Waals surface area contributed by atoms with Gasteiger partial charge in [0.2, 0.25) is 0 Å². The summed E-state index contributed by atoms with van der Waals surface area (Å²) in [5.74, 6) is 0. The summed E-state index contributed by atoms with van der Waals surface area (Å²) < 4.78 is 14.4. The Morgan fingerprint density at radius 3 is 2.38 bits per heavy atom. The molecule has 5 heteroatoms. The predicted octanol–water partition coefficient (Wildman–Crippen LogP) is 2.17. The Balaban J connectivity index is 2.75. The summed E-state index contributed by atoms with van der Waals surface area (Å²) in [4.78, 5) is 8.93. The van der Waals surface area contributed by atoms with Crippen molar-refractivity contribution < 1.29 is 19.4 Å². The lowest BCUT2D eigenvalue weighted by atomic mass is 10.2. The molecule has 0 aliphatic heterocycles. The summed E-state index contributed by atoms with van der Waals surface area (Å²) >= 11 is 0. The highest BCUT2D eigenvalue weighted by molar-refractivity contribution is 7.51. The van der Waals surface area contributed by atoms with Gasteiger partial charge in [0, 0.05) is 0 Å². The second kappa shape index (κ2) is 4.03. The molecule has 1 unspecified atom stereocenters. The molecule has 0 saturated carbocycles. The first-order chi connectivity index (χ1) is 6.03. The molecule has 0 spiro atoms. The second-order valence-electron chi connectivity index (χ2n) is 2.86. The lowest BCUT2D eigenvalue weighted by Crippen LogP contribution is -1.90. The molecule has 0 saturated heterocycles. The highest BCUT2D eigenvalue weighted by atomic mass is 31.2. The topological polar surface area (TPSA) is 66.8 Å². The van der Waals surface area contributed by atoms with Crippen molar-refractivity contribution in [2.45, 2.75) is 13.1 Å². The molecule has 0 amide bonds. The molecule has 1 atom stereocenters. The first-order valence-corrected chi connectivity index (χ1v) is 5.50. The molecule has 4 nitrogen and oxygen atoms in total. The number of benzene rings is 1. The number of hydrogen-bond acceptors (Lipinski definition) is 3. The lowest BCUT2D eigenvalue weighted by Gasteiger charge is -2.06.